The van der Waals surface area contributed by atoms with E-state index in [9.17, 15) is 0 Å². The standard InChI is InChI=1S/C13H31N2/c1-8-15(9-2,10-3)12-11-13(4)14(5,6)7/h13H,4,8-12H2,1-3,5-7H3/q+2. The molecule has 91 valence electrons. The van der Waals surface area contributed by atoms with Gasteiger partial charge >= 0.3 is 0 Å². The maximum atomic E-state index is 4.28. The minimum atomic E-state index is 0.507. The summed E-state index contributed by atoms with van der Waals surface area (Å²) >= 11 is 0. The van der Waals surface area contributed by atoms with Gasteiger partial charge in [-0.05, 0) is 20.8 Å². The van der Waals surface area contributed by atoms with Crippen LogP contribution in [0.5, 0.6) is 0 Å². The highest BCUT2D eigenvalue weighted by Gasteiger charge is 2.25. The van der Waals surface area contributed by atoms with Crippen molar-refractivity contribution in [2.75, 3.05) is 47.3 Å². The summed E-state index contributed by atoms with van der Waals surface area (Å²) in [5, 5.41) is 0. The van der Waals surface area contributed by atoms with Crippen molar-refractivity contribution >= 4 is 0 Å². The van der Waals surface area contributed by atoms with Crippen molar-refractivity contribution in [1.82, 2.24) is 0 Å². The van der Waals surface area contributed by atoms with Crippen molar-refractivity contribution in [2.45, 2.75) is 33.2 Å². The van der Waals surface area contributed by atoms with Crippen LogP contribution < -0.4 is 0 Å². The third-order valence-electron chi connectivity index (χ3n) is 4.04. The van der Waals surface area contributed by atoms with Crippen molar-refractivity contribution in [3.8, 4) is 0 Å². The summed E-state index contributed by atoms with van der Waals surface area (Å²) < 4.78 is 2.21. The molecule has 2 nitrogen and oxygen atoms in total. The fourth-order valence-corrected chi connectivity index (χ4v) is 1.96. The van der Waals surface area contributed by atoms with E-state index in [2.05, 4.69) is 48.8 Å². The van der Waals surface area contributed by atoms with E-state index in [0.717, 1.165) is 4.48 Å². The van der Waals surface area contributed by atoms with Crippen molar-refractivity contribution in [3.63, 3.8) is 0 Å². The van der Waals surface area contributed by atoms with Crippen LogP contribution in [0.1, 0.15) is 27.2 Å². The summed E-state index contributed by atoms with van der Waals surface area (Å²) in [4.78, 5) is 0. The molecule has 1 radical (unpaired) electrons. The number of nitrogens with zero attached hydrogens (tertiary/aromatic N) is 2. The van der Waals surface area contributed by atoms with Crippen LogP contribution in [-0.4, -0.2) is 62.3 Å². The zero-order chi connectivity index (χ0) is 12.1. The second-order valence-electron chi connectivity index (χ2n) is 5.57. The largest absolute Gasteiger partial charge is 0.328 e. The first-order chi connectivity index (χ1) is 6.81. The molecule has 2 heteroatoms. The summed E-state index contributed by atoms with van der Waals surface area (Å²) in [5.74, 6) is 0. The molecule has 0 aromatic rings. The third-order valence-corrected chi connectivity index (χ3v) is 4.04. The molecule has 15 heavy (non-hydrogen) atoms. The second kappa shape index (κ2) is 5.86. The predicted molar refractivity (Wildman–Crippen MR) is 68.5 cm³/mol. The van der Waals surface area contributed by atoms with Gasteiger partial charge in [0.1, 0.15) is 0 Å². The minimum Gasteiger partial charge on any atom is -0.328 e. The predicted octanol–water partition coefficient (Wildman–Crippen LogP) is 2.16. The van der Waals surface area contributed by atoms with E-state index in [4.69, 9.17) is 0 Å². The van der Waals surface area contributed by atoms with Crippen LogP contribution in [0.4, 0.5) is 0 Å². The van der Waals surface area contributed by atoms with Gasteiger partial charge in [-0.1, -0.05) is 0 Å². The molecule has 0 aliphatic heterocycles. The Hall–Kier alpha value is -0.0800. The van der Waals surface area contributed by atoms with E-state index < -0.39 is 0 Å². The van der Waals surface area contributed by atoms with Gasteiger partial charge in [-0.3, -0.25) is 0 Å². The second-order valence-corrected chi connectivity index (χ2v) is 5.57. The molecule has 0 aliphatic carbocycles. The lowest BCUT2D eigenvalue weighted by Gasteiger charge is -2.39. The molecule has 0 heterocycles. The first-order valence-electron chi connectivity index (χ1n) is 6.30. The SMILES string of the molecule is [CH2]C(CC[N+](CC)(CC)CC)[N+](C)(C)C. The molecule has 0 aromatic carbocycles. The lowest BCUT2D eigenvalue weighted by atomic mass is 10.1. The van der Waals surface area contributed by atoms with E-state index in [1.807, 2.05) is 0 Å². The van der Waals surface area contributed by atoms with Crippen LogP contribution in [0.3, 0.4) is 0 Å². The van der Waals surface area contributed by atoms with Gasteiger partial charge in [-0.2, -0.15) is 0 Å². The smallest absolute Gasteiger partial charge is 0.0940 e. The number of quaternary nitrogens is 2. The number of hydrogen-bond donors (Lipinski definition) is 0. The molecule has 0 aliphatic rings. The Morgan fingerprint density at radius 2 is 1.33 bits per heavy atom. The molecule has 0 saturated heterocycles. The highest BCUT2D eigenvalue weighted by atomic mass is 15.4. The van der Waals surface area contributed by atoms with Gasteiger partial charge in [0, 0.05) is 13.3 Å². The van der Waals surface area contributed by atoms with Crippen LogP contribution in [0.25, 0.3) is 0 Å². The molecule has 0 saturated carbocycles. The monoisotopic (exact) mass is 215 g/mol. The normalized spacial score (nSPS) is 15.4. The van der Waals surface area contributed by atoms with Crippen LogP contribution in [-0.2, 0) is 0 Å². The summed E-state index contributed by atoms with van der Waals surface area (Å²) in [6, 6.07) is 0.507. The Labute approximate surface area is 97.1 Å². The molecule has 0 aromatic heterocycles. The Morgan fingerprint density at radius 1 is 0.933 bits per heavy atom. The summed E-state index contributed by atoms with van der Waals surface area (Å²) in [6.07, 6.45) is 1.22. The molecular weight excluding hydrogens is 184 g/mol. The van der Waals surface area contributed by atoms with E-state index in [0.29, 0.717) is 6.04 Å². The first-order valence-corrected chi connectivity index (χ1v) is 6.30. The molecule has 0 fully saturated rings. The molecular formula is C13H31N2+2. The van der Waals surface area contributed by atoms with Crippen LogP contribution in [0.15, 0.2) is 0 Å². The summed E-state index contributed by atoms with van der Waals surface area (Å²) in [5.41, 5.74) is 0. The lowest BCUT2D eigenvalue weighted by molar-refractivity contribution is -0.932. The number of rotatable bonds is 7. The molecule has 1 unspecified atom stereocenters. The fourth-order valence-electron chi connectivity index (χ4n) is 1.96. The van der Waals surface area contributed by atoms with Gasteiger partial charge in [0.2, 0.25) is 0 Å². The van der Waals surface area contributed by atoms with Gasteiger partial charge in [-0.25, -0.2) is 0 Å². The van der Waals surface area contributed by atoms with Crippen molar-refractivity contribution < 1.29 is 8.97 Å². The average molecular weight is 215 g/mol. The van der Waals surface area contributed by atoms with Crippen molar-refractivity contribution in [3.05, 3.63) is 6.92 Å². The topological polar surface area (TPSA) is 0 Å². The third kappa shape index (κ3) is 4.52. The van der Waals surface area contributed by atoms with Crippen molar-refractivity contribution in [2.24, 2.45) is 0 Å². The minimum absolute atomic E-state index is 0.507. The van der Waals surface area contributed by atoms with Crippen LogP contribution >= 0.6 is 0 Å². The van der Waals surface area contributed by atoms with Gasteiger partial charge in [0.15, 0.2) is 0 Å². The number of hydrogen-bond acceptors (Lipinski definition) is 0. The Kier molecular flexibility index (Phi) is 5.82. The summed E-state index contributed by atoms with van der Waals surface area (Å²) in [7, 11) is 6.70. The van der Waals surface area contributed by atoms with Gasteiger partial charge in [0.25, 0.3) is 0 Å². The molecule has 0 rings (SSSR count). The first kappa shape index (κ1) is 14.9. The van der Waals surface area contributed by atoms with E-state index in [1.54, 1.807) is 0 Å². The Balaban J connectivity index is 4.23. The zero-order valence-corrected chi connectivity index (χ0v) is 11.7. The molecule has 0 amide bonds. The lowest BCUT2D eigenvalue weighted by Crippen LogP contribution is -2.51. The van der Waals surface area contributed by atoms with Crippen LogP contribution in [0.2, 0.25) is 0 Å². The Bertz CT molecular complexity index is 158. The highest BCUT2D eigenvalue weighted by molar-refractivity contribution is 4.59. The highest BCUT2D eigenvalue weighted by Crippen LogP contribution is 2.12. The van der Waals surface area contributed by atoms with E-state index >= 15 is 0 Å². The maximum absolute atomic E-state index is 4.28. The fraction of sp³-hybridized carbons (Fsp3) is 0.923. The zero-order valence-electron chi connectivity index (χ0n) is 11.7. The van der Waals surface area contributed by atoms with E-state index in [-0.39, 0.29) is 0 Å². The van der Waals surface area contributed by atoms with Gasteiger partial charge < -0.3 is 8.97 Å². The van der Waals surface area contributed by atoms with E-state index in [1.165, 1.54) is 37.1 Å². The molecule has 1 atom stereocenters. The Morgan fingerprint density at radius 3 is 1.60 bits per heavy atom. The molecule has 0 spiro atoms. The van der Waals surface area contributed by atoms with Crippen molar-refractivity contribution in [1.29, 1.82) is 0 Å². The summed E-state index contributed by atoms with van der Waals surface area (Å²) in [6.45, 7) is 16.2. The van der Waals surface area contributed by atoms with Gasteiger partial charge in [-0.15, -0.1) is 0 Å². The van der Waals surface area contributed by atoms with Gasteiger partial charge in [0.05, 0.1) is 53.4 Å². The molecule has 0 N–H and O–H groups in total. The molecule has 0 bridgehead atoms. The van der Waals surface area contributed by atoms with Crippen LogP contribution in [0, 0.1) is 6.92 Å². The maximum Gasteiger partial charge on any atom is 0.0940 e. The average Bonchev–Trinajstić information content (AvgIpc) is 2.19. The quantitative estimate of drug-likeness (QED) is 0.571.